The van der Waals surface area contributed by atoms with Crippen LogP contribution in [0.15, 0.2) is 273 Å². The highest BCUT2D eigenvalue weighted by Crippen LogP contribution is 2.46. The molecule has 0 N–H and O–H groups in total. The summed E-state index contributed by atoms with van der Waals surface area (Å²) in [7, 11) is 0. The van der Waals surface area contributed by atoms with E-state index >= 15 is 0 Å². The van der Waals surface area contributed by atoms with Crippen LogP contribution in [0.3, 0.4) is 0 Å². The highest BCUT2D eigenvalue weighted by Gasteiger charge is 2.21. The molecule has 306 valence electrons. The van der Waals surface area contributed by atoms with Gasteiger partial charge in [-0.3, -0.25) is 0 Å². The van der Waals surface area contributed by atoms with Crippen LogP contribution in [0, 0.1) is 0 Å². The molecule has 1 nitrogen and oxygen atoms in total. The lowest BCUT2D eigenvalue weighted by atomic mass is 9.87. The molecular formula is C64H45N. The van der Waals surface area contributed by atoms with Gasteiger partial charge in [0.15, 0.2) is 0 Å². The monoisotopic (exact) mass is 827 g/mol. The Labute approximate surface area is 381 Å². The molecule has 0 atom stereocenters. The fourth-order valence-corrected chi connectivity index (χ4v) is 9.28. The van der Waals surface area contributed by atoms with Gasteiger partial charge < -0.3 is 4.90 Å². The van der Waals surface area contributed by atoms with Crippen LogP contribution in [-0.2, 0) is 0 Å². The molecule has 0 heterocycles. The van der Waals surface area contributed by atoms with Crippen LogP contribution in [0.5, 0.6) is 0 Å². The van der Waals surface area contributed by atoms with Gasteiger partial charge in [-0.2, -0.15) is 0 Å². The maximum absolute atomic E-state index is 2.41. The van der Waals surface area contributed by atoms with Crippen LogP contribution in [0.25, 0.3) is 88.7 Å². The van der Waals surface area contributed by atoms with Crippen molar-refractivity contribution in [3.05, 3.63) is 273 Å². The highest BCUT2D eigenvalue weighted by molar-refractivity contribution is 5.99. The van der Waals surface area contributed by atoms with Crippen LogP contribution in [-0.4, -0.2) is 0 Å². The Morgan fingerprint density at radius 2 is 0.569 bits per heavy atom. The zero-order valence-electron chi connectivity index (χ0n) is 35.9. The second kappa shape index (κ2) is 17.7. The number of rotatable bonds is 10. The summed E-state index contributed by atoms with van der Waals surface area (Å²) in [6.07, 6.45) is 0. The van der Waals surface area contributed by atoms with Crippen molar-refractivity contribution >= 4 is 27.8 Å². The van der Waals surface area contributed by atoms with Crippen molar-refractivity contribution in [1.29, 1.82) is 0 Å². The summed E-state index contributed by atoms with van der Waals surface area (Å²) in [5.41, 5.74) is 19.9. The number of hydrogen-bond donors (Lipinski definition) is 0. The van der Waals surface area contributed by atoms with Gasteiger partial charge in [0.25, 0.3) is 0 Å². The van der Waals surface area contributed by atoms with E-state index < -0.39 is 0 Å². The third-order valence-electron chi connectivity index (χ3n) is 12.5. The molecule has 0 bridgehead atoms. The standard InChI is InChI=1S/C64H45N/c1-4-17-46(18-5-1)48-31-33-49(34-32-48)50-35-40-55(41-36-50)65(56-42-37-53(38-43-56)58-29-16-24-51-23-10-11-25-57(51)58)64-30-15-14-28-62(64)60-27-13-12-26-59(60)61-44-39-54(47-19-6-2-7-20-47)45-63(61)52-21-8-3-9-22-52/h1-45H. The molecule has 0 saturated carbocycles. The summed E-state index contributed by atoms with van der Waals surface area (Å²) in [6.45, 7) is 0. The Bertz CT molecular complexity index is 3370. The number of fused-ring (bicyclic) bond motifs is 1. The normalized spacial score (nSPS) is 11.1. The lowest BCUT2D eigenvalue weighted by Gasteiger charge is -2.29. The van der Waals surface area contributed by atoms with Crippen molar-refractivity contribution < 1.29 is 0 Å². The molecule has 11 aromatic rings. The molecule has 1 heteroatoms. The third kappa shape index (κ3) is 7.93. The quantitative estimate of drug-likeness (QED) is 0.133. The van der Waals surface area contributed by atoms with E-state index in [9.17, 15) is 0 Å². The zero-order valence-corrected chi connectivity index (χ0v) is 35.9. The molecular weight excluding hydrogens is 783 g/mol. The molecule has 0 spiro atoms. The summed E-state index contributed by atoms with van der Waals surface area (Å²) >= 11 is 0. The first-order chi connectivity index (χ1) is 32.2. The fourth-order valence-electron chi connectivity index (χ4n) is 9.28. The van der Waals surface area contributed by atoms with Gasteiger partial charge >= 0.3 is 0 Å². The van der Waals surface area contributed by atoms with Crippen molar-refractivity contribution in [2.45, 2.75) is 0 Å². The first-order valence-corrected chi connectivity index (χ1v) is 22.3. The number of hydrogen-bond acceptors (Lipinski definition) is 1. The topological polar surface area (TPSA) is 3.24 Å². The van der Waals surface area contributed by atoms with Crippen molar-refractivity contribution in [1.82, 2.24) is 0 Å². The SMILES string of the molecule is c1ccc(-c2ccc(-c3ccc(N(c4ccc(-c5cccc6ccccc56)cc4)c4ccccc4-c4ccccc4-c4ccc(-c5ccccc5)cc4-c4ccccc4)cc3)cc2)cc1. The van der Waals surface area contributed by atoms with Gasteiger partial charge in [0, 0.05) is 16.9 Å². The van der Waals surface area contributed by atoms with Gasteiger partial charge in [-0.05, 0) is 119 Å². The van der Waals surface area contributed by atoms with E-state index in [1.807, 2.05) is 0 Å². The maximum atomic E-state index is 2.41. The van der Waals surface area contributed by atoms with Crippen molar-refractivity contribution in [3.63, 3.8) is 0 Å². The fraction of sp³-hybridized carbons (Fsp3) is 0. The molecule has 11 aromatic carbocycles. The summed E-state index contributed by atoms with van der Waals surface area (Å²) in [5.74, 6) is 0. The lowest BCUT2D eigenvalue weighted by Crippen LogP contribution is -2.11. The van der Waals surface area contributed by atoms with E-state index in [1.54, 1.807) is 0 Å². The molecule has 0 unspecified atom stereocenters. The maximum Gasteiger partial charge on any atom is 0.0540 e. The molecule has 0 amide bonds. The van der Waals surface area contributed by atoms with Gasteiger partial charge in [-0.15, -0.1) is 0 Å². The third-order valence-corrected chi connectivity index (χ3v) is 12.5. The second-order valence-electron chi connectivity index (χ2n) is 16.5. The van der Waals surface area contributed by atoms with E-state index in [1.165, 1.54) is 83.1 Å². The van der Waals surface area contributed by atoms with Crippen LogP contribution < -0.4 is 4.90 Å². The smallest absolute Gasteiger partial charge is 0.0540 e. The molecule has 0 aliphatic heterocycles. The molecule has 0 aromatic heterocycles. The Morgan fingerprint density at radius 3 is 1.18 bits per heavy atom. The predicted molar refractivity (Wildman–Crippen MR) is 277 cm³/mol. The van der Waals surface area contributed by atoms with Gasteiger partial charge in [-0.1, -0.05) is 237 Å². The van der Waals surface area contributed by atoms with Crippen molar-refractivity contribution in [2.75, 3.05) is 4.90 Å². The summed E-state index contributed by atoms with van der Waals surface area (Å²) < 4.78 is 0. The summed E-state index contributed by atoms with van der Waals surface area (Å²) in [6, 6.07) is 98.8. The number of benzene rings is 11. The van der Waals surface area contributed by atoms with Crippen molar-refractivity contribution in [2.24, 2.45) is 0 Å². The Hall–Kier alpha value is -8.52. The zero-order chi connectivity index (χ0) is 43.4. The Kier molecular flexibility index (Phi) is 10.7. The number of nitrogens with zero attached hydrogens (tertiary/aromatic N) is 1. The molecule has 0 fully saturated rings. The first-order valence-electron chi connectivity index (χ1n) is 22.3. The largest absolute Gasteiger partial charge is 0.310 e. The van der Waals surface area contributed by atoms with Gasteiger partial charge in [-0.25, -0.2) is 0 Å². The summed E-state index contributed by atoms with van der Waals surface area (Å²) in [5, 5.41) is 2.49. The van der Waals surface area contributed by atoms with Crippen LogP contribution in [0.2, 0.25) is 0 Å². The lowest BCUT2D eigenvalue weighted by molar-refractivity contribution is 1.28. The second-order valence-corrected chi connectivity index (χ2v) is 16.5. The molecule has 0 radical (unpaired) electrons. The minimum Gasteiger partial charge on any atom is -0.310 e. The van der Waals surface area contributed by atoms with E-state index in [-0.39, 0.29) is 0 Å². The van der Waals surface area contributed by atoms with Crippen molar-refractivity contribution in [3.8, 4) is 77.9 Å². The highest BCUT2D eigenvalue weighted by atomic mass is 15.1. The molecule has 11 rings (SSSR count). The molecule has 0 saturated heterocycles. The molecule has 0 aliphatic rings. The van der Waals surface area contributed by atoms with Crippen LogP contribution in [0.1, 0.15) is 0 Å². The van der Waals surface area contributed by atoms with Gasteiger partial charge in [0.1, 0.15) is 0 Å². The number of para-hydroxylation sites is 1. The van der Waals surface area contributed by atoms with E-state index in [0.717, 1.165) is 22.6 Å². The predicted octanol–water partition coefficient (Wildman–Crippen LogP) is 18.0. The van der Waals surface area contributed by atoms with Crippen LogP contribution in [0.4, 0.5) is 17.1 Å². The van der Waals surface area contributed by atoms with E-state index in [4.69, 9.17) is 0 Å². The molecule has 0 aliphatic carbocycles. The van der Waals surface area contributed by atoms with Gasteiger partial charge in [0.05, 0.1) is 5.69 Å². The number of anilines is 3. The summed E-state index contributed by atoms with van der Waals surface area (Å²) in [4.78, 5) is 2.41. The van der Waals surface area contributed by atoms with Gasteiger partial charge in [0.2, 0.25) is 0 Å². The van der Waals surface area contributed by atoms with E-state index in [0.29, 0.717) is 0 Å². The minimum atomic E-state index is 1.08. The molecule has 65 heavy (non-hydrogen) atoms. The van der Waals surface area contributed by atoms with Crippen LogP contribution >= 0.6 is 0 Å². The average Bonchev–Trinajstić information content (AvgIpc) is 3.40. The average molecular weight is 828 g/mol. The Balaban J connectivity index is 1.04. The van der Waals surface area contributed by atoms with E-state index in [2.05, 4.69) is 278 Å². The minimum absolute atomic E-state index is 1.08. The Morgan fingerprint density at radius 1 is 0.200 bits per heavy atom. The first kappa shape index (κ1) is 39.3.